The monoisotopic (exact) mass is 309 g/mol. The number of hydrogen-bond donors (Lipinski definition) is 2. The number of anilines is 2. The number of hydrogen-bond acceptors (Lipinski definition) is 2. The predicted octanol–water partition coefficient (Wildman–Crippen LogP) is 3.64. The minimum atomic E-state index is -0.132. The van der Waals surface area contributed by atoms with E-state index in [9.17, 15) is 4.79 Å². The normalized spacial score (nSPS) is 17.1. The lowest BCUT2D eigenvalue weighted by molar-refractivity contribution is 0.250. The highest BCUT2D eigenvalue weighted by Crippen LogP contribution is 2.22. The van der Waals surface area contributed by atoms with Gasteiger partial charge < -0.3 is 15.5 Å². The van der Waals surface area contributed by atoms with Gasteiger partial charge in [-0.2, -0.15) is 0 Å². The molecule has 1 aliphatic heterocycles. The van der Waals surface area contributed by atoms with Crippen LogP contribution in [-0.2, 0) is 0 Å². The lowest BCUT2D eigenvalue weighted by Crippen LogP contribution is -2.34. The second kappa shape index (κ2) is 7.18. The molecule has 1 heterocycles. The summed E-state index contributed by atoms with van der Waals surface area (Å²) < 4.78 is 0. The number of para-hydroxylation sites is 1. The molecule has 0 spiro atoms. The Morgan fingerprint density at radius 1 is 1.13 bits per heavy atom. The van der Waals surface area contributed by atoms with Crippen LogP contribution < -0.4 is 15.5 Å². The molecule has 2 amide bonds. The Kier molecular flexibility index (Phi) is 4.81. The summed E-state index contributed by atoms with van der Waals surface area (Å²) in [4.78, 5) is 14.3. The summed E-state index contributed by atoms with van der Waals surface area (Å²) in [5.41, 5.74) is 3.27. The first-order valence-corrected chi connectivity index (χ1v) is 8.12. The summed E-state index contributed by atoms with van der Waals surface area (Å²) in [5.74, 6) is 0.499. The summed E-state index contributed by atoms with van der Waals surface area (Å²) in [6.45, 7) is 4.79. The van der Waals surface area contributed by atoms with Gasteiger partial charge in [-0.3, -0.25) is 0 Å². The maximum Gasteiger partial charge on any atom is 0.319 e. The second-order valence-corrected chi connectivity index (χ2v) is 6.14. The molecular weight excluding hydrogens is 286 g/mol. The van der Waals surface area contributed by atoms with E-state index < -0.39 is 0 Å². The number of amides is 2. The van der Waals surface area contributed by atoms with Crippen LogP contribution in [0.15, 0.2) is 54.6 Å². The summed E-state index contributed by atoms with van der Waals surface area (Å²) in [5, 5.41) is 5.86. The molecule has 4 heteroatoms. The molecule has 0 unspecified atom stereocenters. The average molecular weight is 309 g/mol. The van der Waals surface area contributed by atoms with Gasteiger partial charge in [-0.05, 0) is 43.5 Å². The van der Waals surface area contributed by atoms with Crippen LogP contribution >= 0.6 is 0 Å². The van der Waals surface area contributed by atoms with Crippen molar-refractivity contribution < 1.29 is 4.79 Å². The van der Waals surface area contributed by atoms with Crippen molar-refractivity contribution in [2.75, 3.05) is 29.9 Å². The van der Waals surface area contributed by atoms with Crippen molar-refractivity contribution in [3.8, 4) is 0 Å². The third-order valence-electron chi connectivity index (χ3n) is 4.27. The third kappa shape index (κ3) is 4.25. The Morgan fingerprint density at radius 2 is 1.87 bits per heavy atom. The summed E-state index contributed by atoms with van der Waals surface area (Å²) >= 11 is 0. The van der Waals surface area contributed by atoms with E-state index in [0.717, 1.165) is 25.2 Å². The fourth-order valence-electron chi connectivity index (χ4n) is 2.92. The van der Waals surface area contributed by atoms with Crippen molar-refractivity contribution in [2.45, 2.75) is 13.3 Å². The molecule has 0 saturated carbocycles. The Bertz CT molecular complexity index is 639. The molecule has 1 atom stereocenters. The second-order valence-electron chi connectivity index (χ2n) is 6.14. The number of nitrogens with zero attached hydrogens (tertiary/aromatic N) is 1. The summed E-state index contributed by atoms with van der Waals surface area (Å²) in [7, 11) is 0. The smallest absolute Gasteiger partial charge is 0.319 e. The van der Waals surface area contributed by atoms with Gasteiger partial charge in [-0.1, -0.05) is 35.9 Å². The van der Waals surface area contributed by atoms with Crippen LogP contribution in [0.4, 0.5) is 16.2 Å². The highest BCUT2D eigenvalue weighted by atomic mass is 16.2. The quantitative estimate of drug-likeness (QED) is 0.905. The van der Waals surface area contributed by atoms with Gasteiger partial charge in [-0.25, -0.2) is 4.79 Å². The molecule has 1 aliphatic rings. The van der Waals surface area contributed by atoms with Crippen molar-refractivity contribution in [3.05, 3.63) is 60.2 Å². The number of carbonyl (C=O) groups excluding carboxylic acids is 1. The first kappa shape index (κ1) is 15.4. The zero-order valence-electron chi connectivity index (χ0n) is 13.5. The van der Waals surface area contributed by atoms with Crippen LogP contribution in [0.2, 0.25) is 0 Å². The Morgan fingerprint density at radius 3 is 2.61 bits per heavy atom. The van der Waals surface area contributed by atoms with Gasteiger partial charge in [-0.15, -0.1) is 0 Å². The van der Waals surface area contributed by atoms with Gasteiger partial charge >= 0.3 is 6.03 Å². The molecular formula is C19H23N3O. The number of aryl methyl sites for hydroxylation is 1. The molecule has 23 heavy (non-hydrogen) atoms. The molecule has 4 nitrogen and oxygen atoms in total. The zero-order valence-corrected chi connectivity index (χ0v) is 13.5. The number of nitrogens with one attached hydrogen (secondary N) is 2. The first-order valence-electron chi connectivity index (χ1n) is 8.12. The molecule has 120 valence electrons. The Labute approximate surface area is 137 Å². The van der Waals surface area contributed by atoms with E-state index in [4.69, 9.17) is 0 Å². The van der Waals surface area contributed by atoms with Crippen LogP contribution in [0.3, 0.4) is 0 Å². The van der Waals surface area contributed by atoms with Gasteiger partial charge in [0, 0.05) is 31.0 Å². The SMILES string of the molecule is Cc1ccc(NC(=O)NC[C@H]2CCN(c3ccccc3)C2)cc1. The maximum absolute atomic E-state index is 12.0. The molecule has 3 rings (SSSR count). The third-order valence-corrected chi connectivity index (χ3v) is 4.27. The van der Waals surface area contributed by atoms with Crippen molar-refractivity contribution >= 4 is 17.4 Å². The number of rotatable bonds is 4. The maximum atomic E-state index is 12.0. The highest BCUT2D eigenvalue weighted by Gasteiger charge is 2.22. The standard InChI is InChI=1S/C19H23N3O/c1-15-7-9-17(10-8-15)21-19(23)20-13-16-11-12-22(14-16)18-5-3-2-4-6-18/h2-10,16H,11-14H2,1H3,(H2,20,21,23)/t16-/m1/s1. The molecule has 0 radical (unpaired) electrons. The van der Waals surface area contributed by atoms with Crippen molar-refractivity contribution in [3.63, 3.8) is 0 Å². The topological polar surface area (TPSA) is 44.4 Å². The Hall–Kier alpha value is -2.49. The Balaban J connectivity index is 1.44. The molecule has 0 aliphatic carbocycles. The van der Waals surface area contributed by atoms with Crippen LogP contribution in [0, 0.1) is 12.8 Å². The number of urea groups is 1. The molecule has 0 aromatic heterocycles. The first-order chi connectivity index (χ1) is 11.2. The van der Waals surface area contributed by atoms with Crippen molar-refractivity contribution in [1.82, 2.24) is 5.32 Å². The summed E-state index contributed by atoms with van der Waals surface area (Å²) in [6, 6.07) is 18.1. The zero-order chi connectivity index (χ0) is 16.1. The fraction of sp³-hybridized carbons (Fsp3) is 0.316. The minimum absolute atomic E-state index is 0.132. The van der Waals surface area contributed by atoms with Gasteiger partial charge in [0.15, 0.2) is 0 Å². The van der Waals surface area contributed by atoms with Crippen LogP contribution in [-0.4, -0.2) is 25.7 Å². The number of carbonyl (C=O) groups is 1. The van der Waals surface area contributed by atoms with E-state index in [-0.39, 0.29) is 6.03 Å². The van der Waals surface area contributed by atoms with Crippen LogP contribution in [0.5, 0.6) is 0 Å². The highest BCUT2D eigenvalue weighted by molar-refractivity contribution is 5.89. The van der Waals surface area contributed by atoms with E-state index in [2.05, 4.69) is 39.8 Å². The van der Waals surface area contributed by atoms with E-state index in [1.165, 1.54) is 11.3 Å². The summed E-state index contributed by atoms with van der Waals surface area (Å²) in [6.07, 6.45) is 1.11. The molecule has 2 N–H and O–H groups in total. The van der Waals surface area contributed by atoms with Gasteiger partial charge in [0.1, 0.15) is 0 Å². The van der Waals surface area contributed by atoms with E-state index in [1.807, 2.05) is 37.3 Å². The molecule has 1 saturated heterocycles. The van der Waals surface area contributed by atoms with Gasteiger partial charge in [0.25, 0.3) is 0 Å². The predicted molar refractivity (Wildman–Crippen MR) is 95.0 cm³/mol. The van der Waals surface area contributed by atoms with E-state index in [1.54, 1.807) is 0 Å². The van der Waals surface area contributed by atoms with E-state index >= 15 is 0 Å². The lowest BCUT2D eigenvalue weighted by Gasteiger charge is -2.18. The largest absolute Gasteiger partial charge is 0.371 e. The van der Waals surface area contributed by atoms with Crippen LogP contribution in [0.25, 0.3) is 0 Å². The van der Waals surface area contributed by atoms with Crippen LogP contribution in [0.1, 0.15) is 12.0 Å². The number of benzene rings is 2. The van der Waals surface area contributed by atoms with E-state index in [0.29, 0.717) is 12.5 Å². The van der Waals surface area contributed by atoms with Gasteiger partial charge in [0.2, 0.25) is 0 Å². The molecule has 2 aromatic rings. The lowest BCUT2D eigenvalue weighted by atomic mass is 10.1. The molecule has 2 aromatic carbocycles. The average Bonchev–Trinajstić information content (AvgIpc) is 3.05. The minimum Gasteiger partial charge on any atom is -0.371 e. The molecule has 0 bridgehead atoms. The van der Waals surface area contributed by atoms with Gasteiger partial charge in [0.05, 0.1) is 0 Å². The van der Waals surface area contributed by atoms with Crippen molar-refractivity contribution in [2.24, 2.45) is 5.92 Å². The fourth-order valence-corrected chi connectivity index (χ4v) is 2.92. The van der Waals surface area contributed by atoms with Crippen molar-refractivity contribution in [1.29, 1.82) is 0 Å². The molecule has 1 fully saturated rings.